The number of carboxylic acid groups (broad SMARTS) is 1. The Morgan fingerprint density at radius 2 is 1.97 bits per heavy atom. The summed E-state index contributed by atoms with van der Waals surface area (Å²) in [6.07, 6.45) is 7.69. The average molecular weight is 512 g/mol. The smallest absolute Gasteiger partial charge is 0.407 e. The van der Waals surface area contributed by atoms with E-state index in [2.05, 4.69) is 29.2 Å². The van der Waals surface area contributed by atoms with Gasteiger partial charge in [-0.1, -0.05) is 26.7 Å². The van der Waals surface area contributed by atoms with Crippen molar-refractivity contribution in [2.24, 2.45) is 11.3 Å². The summed E-state index contributed by atoms with van der Waals surface area (Å²) >= 11 is 1.55. The Morgan fingerprint density at radius 3 is 2.67 bits per heavy atom. The van der Waals surface area contributed by atoms with E-state index < -0.39 is 6.09 Å². The Bertz CT molecular complexity index is 1260. The molecule has 36 heavy (non-hydrogen) atoms. The van der Waals surface area contributed by atoms with Gasteiger partial charge < -0.3 is 20.2 Å². The van der Waals surface area contributed by atoms with Crippen LogP contribution in [-0.2, 0) is 0 Å². The second kappa shape index (κ2) is 9.68. The van der Waals surface area contributed by atoms with Crippen LogP contribution in [0.3, 0.4) is 0 Å². The lowest BCUT2D eigenvalue weighted by molar-refractivity contribution is 0.0638. The van der Waals surface area contributed by atoms with Crippen LogP contribution in [0.5, 0.6) is 0 Å². The largest absolute Gasteiger partial charge is 0.465 e. The Labute approximate surface area is 214 Å². The minimum absolute atomic E-state index is 0.0852. The van der Waals surface area contributed by atoms with E-state index in [0.29, 0.717) is 43.3 Å². The SMILES string of the molecule is CN(C(=O)O)C1CCN(C(=O)c2cc(NCC(C)(C)CC3CC3)nc(-c3cnn4ccsc34)n2)CC1. The summed E-state index contributed by atoms with van der Waals surface area (Å²) in [4.78, 5) is 38.3. The molecule has 0 bridgehead atoms. The van der Waals surface area contributed by atoms with Crippen molar-refractivity contribution in [2.45, 2.75) is 52.0 Å². The molecular weight excluding hydrogens is 478 g/mol. The normalized spacial score (nSPS) is 16.9. The van der Waals surface area contributed by atoms with Crippen molar-refractivity contribution >= 4 is 34.0 Å². The van der Waals surface area contributed by atoms with Gasteiger partial charge in [0, 0.05) is 50.4 Å². The van der Waals surface area contributed by atoms with Crippen LogP contribution in [0.25, 0.3) is 16.2 Å². The molecule has 1 aliphatic heterocycles. The first-order valence-corrected chi connectivity index (χ1v) is 13.4. The standard InChI is InChI=1S/C25H33N7O3S/c1-25(2,13-16-4-5-16)15-26-20-12-19(22(33)31-8-6-17(7-9-31)30(3)24(34)35)28-21(29-20)18-14-27-32-10-11-36-23(18)32/h10-12,14,16-17H,4-9,13,15H2,1-3H3,(H,34,35)(H,26,28,29). The van der Waals surface area contributed by atoms with Gasteiger partial charge in [-0.15, -0.1) is 11.3 Å². The van der Waals surface area contributed by atoms with Gasteiger partial charge in [0.25, 0.3) is 5.91 Å². The van der Waals surface area contributed by atoms with Crippen LogP contribution in [0.1, 0.15) is 56.4 Å². The first-order chi connectivity index (χ1) is 17.2. The maximum atomic E-state index is 13.5. The summed E-state index contributed by atoms with van der Waals surface area (Å²) in [6, 6.07) is 1.65. The molecule has 0 atom stereocenters. The van der Waals surface area contributed by atoms with Crippen molar-refractivity contribution in [3.63, 3.8) is 0 Å². The minimum Gasteiger partial charge on any atom is -0.465 e. The van der Waals surface area contributed by atoms with Gasteiger partial charge >= 0.3 is 6.09 Å². The average Bonchev–Trinajstić information content (AvgIpc) is 3.37. The highest BCUT2D eigenvalue weighted by molar-refractivity contribution is 7.16. The van der Waals surface area contributed by atoms with Crippen LogP contribution in [0.4, 0.5) is 10.6 Å². The molecule has 2 N–H and O–H groups in total. The number of piperidine rings is 1. The second-order valence-electron chi connectivity index (χ2n) is 10.8. The number of anilines is 1. The number of rotatable bonds is 8. The molecule has 0 radical (unpaired) electrons. The van der Waals surface area contributed by atoms with Gasteiger partial charge in [0.15, 0.2) is 5.82 Å². The predicted octanol–water partition coefficient (Wildman–Crippen LogP) is 4.31. The minimum atomic E-state index is -0.943. The molecule has 192 valence electrons. The summed E-state index contributed by atoms with van der Waals surface area (Å²) in [5, 5.41) is 19.1. The molecule has 3 aromatic heterocycles. The van der Waals surface area contributed by atoms with Crippen molar-refractivity contribution < 1.29 is 14.7 Å². The van der Waals surface area contributed by atoms with Crippen LogP contribution in [0, 0.1) is 11.3 Å². The molecule has 2 amide bonds. The maximum absolute atomic E-state index is 13.5. The summed E-state index contributed by atoms with van der Waals surface area (Å²) in [5.74, 6) is 1.76. The van der Waals surface area contributed by atoms with Crippen LogP contribution in [-0.4, -0.2) is 79.2 Å². The number of amides is 2. The summed E-state index contributed by atoms with van der Waals surface area (Å²) in [5.41, 5.74) is 1.25. The zero-order valence-corrected chi connectivity index (χ0v) is 21.8. The highest BCUT2D eigenvalue weighted by Gasteiger charge is 2.31. The van der Waals surface area contributed by atoms with Crippen molar-refractivity contribution in [3.05, 3.63) is 29.5 Å². The molecule has 3 aromatic rings. The van der Waals surface area contributed by atoms with E-state index in [1.54, 1.807) is 40.1 Å². The van der Waals surface area contributed by atoms with E-state index in [9.17, 15) is 14.7 Å². The van der Waals surface area contributed by atoms with E-state index >= 15 is 0 Å². The van der Waals surface area contributed by atoms with E-state index in [4.69, 9.17) is 4.98 Å². The monoisotopic (exact) mass is 511 g/mol. The molecule has 1 aliphatic carbocycles. The maximum Gasteiger partial charge on any atom is 0.407 e. The molecule has 1 saturated carbocycles. The van der Waals surface area contributed by atoms with Gasteiger partial charge in [0.1, 0.15) is 16.3 Å². The van der Waals surface area contributed by atoms with E-state index in [1.807, 2.05) is 11.6 Å². The van der Waals surface area contributed by atoms with E-state index in [1.165, 1.54) is 24.2 Å². The molecule has 0 unspecified atom stereocenters. The topological polar surface area (TPSA) is 116 Å². The number of thiazole rings is 1. The lowest BCUT2D eigenvalue weighted by Gasteiger charge is -2.35. The number of nitrogens with zero attached hydrogens (tertiary/aromatic N) is 6. The molecule has 10 nitrogen and oxygen atoms in total. The highest BCUT2D eigenvalue weighted by Crippen LogP contribution is 2.40. The number of fused-ring (bicyclic) bond motifs is 1. The highest BCUT2D eigenvalue weighted by atomic mass is 32.1. The molecule has 5 rings (SSSR count). The Morgan fingerprint density at radius 1 is 1.22 bits per heavy atom. The number of carbonyl (C=O) groups excluding carboxylic acids is 1. The molecule has 4 heterocycles. The third-order valence-electron chi connectivity index (χ3n) is 7.21. The predicted molar refractivity (Wildman–Crippen MR) is 138 cm³/mol. The number of carbonyl (C=O) groups is 2. The van der Waals surface area contributed by atoms with Gasteiger partial charge in [-0.25, -0.2) is 19.3 Å². The molecule has 0 spiro atoms. The van der Waals surface area contributed by atoms with Gasteiger partial charge in [0.2, 0.25) is 0 Å². The molecule has 11 heteroatoms. The summed E-state index contributed by atoms with van der Waals surface area (Å²) in [6.45, 7) is 6.25. The van der Waals surface area contributed by atoms with Crippen molar-refractivity contribution in [2.75, 3.05) is 32.0 Å². The zero-order chi connectivity index (χ0) is 25.4. The number of nitrogens with one attached hydrogen (secondary N) is 1. The number of likely N-dealkylation sites (tertiary alicyclic amines) is 1. The summed E-state index contributed by atoms with van der Waals surface area (Å²) < 4.78 is 1.79. The lowest BCUT2D eigenvalue weighted by Crippen LogP contribution is -2.47. The zero-order valence-electron chi connectivity index (χ0n) is 21.0. The van der Waals surface area contributed by atoms with Crippen LogP contribution >= 0.6 is 11.3 Å². The third kappa shape index (κ3) is 5.30. The van der Waals surface area contributed by atoms with Crippen molar-refractivity contribution in [1.82, 2.24) is 29.4 Å². The number of hydrogen-bond donors (Lipinski definition) is 2. The van der Waals surface area contributed by atoms with Crippen LogP contribution < -0.4 is 5.32 Å². The molecule has 2 fully saturated rings. The van der Waals surface area contributed by atoms with Gasteiger partial charge in [-0.2, -0.15) is 5.10 Å². The fraction of sp³-hybridized carbons (Fsp3) is 0.560. The Hall–Kier alpha value is -3.21. The van der Waals surface area contributed by atoms with Crippen molar-refractivity contribution in [3.8, 4) is 11.4 Å². The Balaban J connectivity index is 1.39. The number of aromatic nitrogens is 4. The van der Waals surface area contributed by atoms with E-state index in [0.717, 1.165) is 22.9 Å². The van der Waals surface area contributed by atoms with Gasteiger partial charge in [-0.05, 0) is 30.6 Å². The van der Waals surface area contributed by atoms with Crippen LogP contribution in [0.2, 0.25) is 0 Å². The van der Waals surface area contributed by atoms with Crippen molar-refractivity contribution in [1.29, 1.82) is 0 Å². The van der Waals surface area contributed by atoms with Crippen LogP contribution in [0.15, 0.2) is 23.8 Å². The van der Waals surface area contributed by atoms with E-state index in [-0.39, 0.29) is 17.4 Å². The number of hydrogen-bond acceptors (Lipinski definition) is 7. The summed E-state index contributed by atoms with van der Waals surface area (Å²) in [7, 11) is 1.58. The quantitative estimate of drug-likeness (QED) is 0.463. The Kier molecular flexibility index (Phi) is 6.59. The lowest BCUT2D eigenvalue weighted by atomic mass is 9.87. The fourth-order valence-electron chi connectivity index (χ4n) is 4.93. The molecule has 2 aliphatic rings. The molecular formula is C25H33N7O3S. The first-order valence-electron chi connectivity index (χ1n) is 12.5. The third-order valence-corrected chi connectivity index (χ3v) is 8.09. The fourth-order valence-corrected chi connectivity index (χ4v) is 5.72. The van der Waals surface area contributed by atoms with Gasteiger partial charge in [-0.3, -0.25) is 4.79 Å². The second-order valence-corrected chi connectivity index (χ2v) is 11.6. The molecule has 1 saturated heterocycles. The molecule has 0 aromatic carbocycles. The first kappa shape index (κ1) is 24.5. The van der Waals surface area contributed by atoms with Gasteiger partial charge in [0.05, 0.1) is 11.8 Å².